The number of anilines is 1. The molecular weight excluding hydrogens is 404 g/mol. The van der Waals surface area contributed by atoms with Crippen molar-refractivity contribution in [2.45, 2.75) is 4.90 Å². The summed E-state index contributed by atoms with van der Waals surface area (Å²) in [6.45, 7) is 0. The van der Waals surface area contributed by atoms with E-state index in [0.29, 0.717) is 4.47 Å². The molecule has 0 unspecified atom stereocenters. The first-order chi connectivity index (χ1) is 9.73. The lowest BCUT2D eigenvalue weighted by Crippen LogP contribution is -2.27. The van der Waals surface area contributed by atoms with Crippen LogP contribution in [0, 0.1) is 5.82 Å². The molecule has 0 heterocycles. The third-order valence-electron chi connectivity index (χ3n) is 2.78. The molecule has 0 aliphatic rings. The van der Waals surface area contributed by atoms with Crippen molar-refractivity contribution in [3.05, 3.63) is 56.7 Å². The number of hydrogen-bond donors (Lipinski definition) is 0. The Balaban J connectivity index is 2.55. The van der Waals surface area contributed by atoms with Crippen LogP contribution in [0.25, 0.3) is 0 Å². The van der Waals surface area contributed by atoms with E-state index in [-0.39, 0.29) is 20.6 Å². The summed E-state index contributed by atoms with van der Waals surface area (Å²) >= 11 is 14.8. The molecule has 2 aromatic rings. The highest BCUT2D eigenvalue weighted by molar-refractivity contribution is 9.10. The average molecular weight is 413 g/mol. The summed E-state index contributed by atoms with van der Waals surface area (Å²) in [4.78, 5) is -0.179. The third kappa shape index (κ3) is 3.34. The second-order valence-electron chi connectivity index (χ2n) is 4.14. The molecule has 0 saturated carbocycles. The van der Waals surface area contributed by atoms with Crippen LogP contribution in [0.5, 0.6) is 0 Å². The minimum atomic E-state index is -4.02. The molecule has 0 radical (unpaired) electrons. The van der Waals surface area contributed by atoms with Gasteiger partial charge in [-0.15, -0.1) is 0 Å². The van der Waals surface area contributed by atoms with Gasteiger partial charge in [0.15, 0.2) is 0 Å². The van der Waals surface area contributed by atoms with E-state index in [1.807, 2.05) is 0 Å². The van der Waals surface area contributed by atoms with Crippen molar-refractivity contribution < 1.29 is 12.8 Å². The van der Waals surface area contributed by atoms with Gasteiger partial charge in [0.05, 0.1) is 10.7 Å². The number of nitrogens with zero attached hydrogens (tertiary/aromatic N) is 1. The highest BCUT2D eigenvalue weighted by atomic mass is 79.9. The lowest BCUT2D eigenvalue weighted by atomic mass is 10.3. The molecule has 0 bridgehead atoms. The summed E-state index contributed by atoms with van der Waals surface area (Å²) in [6, 6.07) is 8.17. The van der Waals surface area contributed by atoms with Crippen LogP contribution in [0.2, 0.25) is 10.0 Å². The van der Waals surface area contributed by atoms with Crippen LogP contribution < -0.4 is 4.31 Å². The van der Waals surface area contributed by atoms with Crippen molar-refractivity contribution in [3.8, 4) is 0 Å². The van der Waals surface area contributed by atoms with E-state index in [9.17, 15) is 12.8 Å². The normalized spacial score (nSPS) is 11.5. The zero-order valence-electron chi connectivity index (χ0n) is 10.6. The van der Waals surface area contributed by atoms with Gasteiger partial charge in [0.1, 0.15) is 10.7 Å². The Morgan fingerprint density at radius 3 is 2.43 bits per heavy atom. The molecule has 112 valence electrons. The molecule has 0 saturated heterocycles. The van der Waals surface area contributed by atoms with E-state index in [2.05, 4.69) is 15.9 Å². The number of sulfonamides is 1. The molecule has 2 rings (SSSR count). The highest BCUT2D eigenvalue weighted by Crippen LogP contribution is 2.31. The van der Waals surface area contributed by atoms with Crippen molar-refractivity contribution in [1.82, 2.24) is 0 Å². The number of benzene rings is 2. The second kappa shape index (κ2) is 6.12. The first kappa shape index (κ1) is 16.5. The minimum Gasteiger partial charge on any atom is -0.266 e. The molecule has 0 spiro atoms. The first-order valence-electron chi connectivity index (χ1n) is 5.62. The summed E-state index contributed by atoms with van der Waals surface area (Å²) in [5, 5.41) is 0.242. The van der Waals surface area contributed by atoms with Crippen LogP contribution in [-0.2, 0) is 10.0 Å². The lowest BCUT2D eigenvalue weighted by molar-refractivity contribution is 0.589. The fourth-order valence-electron chi connectivity index (χ4n) is 1.69. The van der Waals surface area contributed by atoms with E-state index < -0.39 is 15.8 Å². The van der Waals surface area contributed by atoms with Gasteiger partial charge in [-0.05, 0) is 36.4 Å². The fraction of sp³-hybridized carbons (Fsp3) is 0.0769. The maximum absolute atomic E-state index is 13.9. The van der Waals surface area contributed by atoms with Crippen molar-refractivity contribution >= 4 is 54.8 Å². The summed E-state index contributed by atoms with van der Waals surface area (Å²) in [5.74, 6) is -0.673. The predicted molar refractivity (Wildman–Crippen MR) is 86.2 cm³/mol. The number of hydrogen-bond acceptors (Lipinski definition) is 2. The van der Waals surface area contributed by atoms with E-state index >= 15 is 0 Å². The van der Waals surface area contributed by atoms with E-state index in [4.69, 9.17) is 23.2 Å². The van der Waals surface area contributed by atoms with Crippen LogP contribution in [0.15, 0.2) is 45.8 Å². The van der Waals surface area contributed by atoms with Gasteiger partial charge < -0.3 is 0 Å². The Morgan fingerprint density at radius 1 is 1.14 bits per heavy atom. The van der Waals surface area contributed by atoms with E-state index in [1.165, 1.54) is 37.4 Å². The van der Waals surface area contributed by atoms with Crippen LogP contribution in [0.4, 0.5) is 10.1 Å². The molecule has 8 heteroatoms. The molecule has 0 amide bonds. The van der Waals surface area contributed by atoms with Crippen LogP contribution in [0.3, 0.4) is 0 Å². The Morgan fingerprint density at radius 2 is 1.81 bits per heavy atom. The molecule has 21 heavy (non-hydrogen) atoms. The van der Waals surface area contributed by atoms with Gasteiger partial charge in [-0.2, -0.15) is 0 Å². The summed E-state index contributed by atoms with van der Waals surface area (Å²) in [7, 11) is -2.77. The maximum atomic E-state index is 13.9. The highest BCUT2D eigenvalue weighted by Gasteiger charge is 2.26. The van der Waals surface area contributed by atoms with Crippen molar-refractivity contribution in [2.24, 2.45) is 0 Å². The molecule has 3 nitrogen and oxygen atoms in total. The van der Waals surface area contributed by atoms with Gasteiger partial charge in [0.25, 0.3) is 10.0 Å². The molecule has 0 N–H and O–H groups in total. The molecule has 0 fully saturated rings. The van der Waals surface area contributed by atoms with Gasteiger partial charge in [0, 0.05) is 16.5 Å². The van der Waals surface area contributed by atoms with Gasteiger partial charge in [0.2, 0.25) is 0 Å². The Kier molecular flexibility index (Phi) is 4.82. The quantitative estimate of drug-likeness (QED) is 0.731. The largest absolute Gasteiger partial charge is 0.266 e. The molecule has 0 aliphatic carbocycles. The molecule has 0 aliphatic heterocycles. The molecule has 0 aromatic heterocycles. The minimum absolute atomic E-state index is 0.0174. The first-order valence-corrected chi connectivity index (χ1v) is 8.61. The summed E-state index contributed by atoms with van der Waals surface area (Å²) in [6.07, 6.45) is 0. The van der Waals surface area contributed by atoms with Gasteiger partial charge in [-0.1, -0.05) is 39.1 Å². The molecule has 2 aromatic carbocycles. The summed E-state index contributed by atoms with van der Waals surface area (Å²) < 4.78 is 40.4. The Hall–Kier alpha value is -0.820. The van der Waals surface area contributed by atoms with Crippen LogP contribution in [0.1, 0.15) is 0 Å². The van der Waals surface area contributed by atoms with Crippen molar-refractivity contribution in [1.29, 1.82) is 0 Å². The molecule has 0 atom stereocenters. The lowest BCUT2D eigenvalue weighted by Gasteiger charge is -2.21. The monoisotopic (exact) mass is 411 g/mol. The van der Waals surface area contributed by atoms with Gasteiger partial charge >= 0.3 is 0 Å². The zero-order valence-corrected chi connectivity index (χ0v) is 14.6. The Bertz CT molecular complexity index is 799. The van der Waals surface area contributed by atoms with Crippen molar-refractivity contribution in [3.63, 3.8) is 0 Å². The SMILES string of the molecule is CN(c1ccc(Br)cc1F)S(=O)(=O)c1cc(Cl)ccc1Cl. The number of halogens is 4. The summed E-state index contributed by atoms with van der Waals surface area (Å²) in [5.41, 5.74) is -0.0887. The average Bonchev–Trinajstić information content (AvgIpc) is 2.40. The van der Waals surface area contributed by atoms with Gasteiger partial charge in [-0.3, -0.25) is 4.31 Å². The van der Waals surface area contributed by atoms with E-state index in [1.54, 1.807) is 6.07 Å². The molecular formula is C13H9BrCl2FNO2S. The zero-order chi connectivity index (χ0) is 15.8. The Labute approximate surface area is 140 Å². The van der Waals surface area contributed by atoms with Crippen molar-refractivity contribution in [2.75, 3.05) is 11.4 Å². The standard InChI is InChI=1S/C13H9BrCl2FNO2S/c1-18(12-5-2-8(14)6-11(12)17)21(19,20)13-7-9(15)3-4-10(13)16/h2-7H,1H3. The van der Waals surface area contributed by atoms with Crippen LogP contribution >= 0.6 is 39.1 Å². The van der Waals surface area contributed by atoms with Gasteiger partial charge in [-0.25, -0.2) is 12.8 Å². The number of rotatable bonds is 3. The second-order valence-corrected chi connectivity index (χ2v) is 7.84. The van der Waals surface area contributed by atoms with Crippen LogP contribution in [-0.4, -0.2) is 15.5 Å². The van der Waals surface area contributed by atoms with E-state index in [0.717, 1.165) is 4.31 Å². The topological polar surface area (TPSA) is 37.4 Å². The maximum Gasteiger partial charge on any atom is 0.265 e. The predicted octanol–water partition coefficient (Wildman–Crippen LogP) is 4.72. The third-order valence-corrected chi connectivity index (χ3v) is 5.76. The smallest absolute Gasteiger partial charge is 0.265 e. The fourth-order valence-corrected chi connectivity index (χ4v) is 3.96.